The summed E-state index contributed by atoms with van der Waals surface area (Å²) in [5.74, 6) is 1.15. The van der Waals surface area contributed by atoms with E-state index in [9.17, 15) is 4.79 Å². The van der Waals surface area contributed by atoms with Crippen LogP contribution in [0.5, 0.6) is 17.2 Å². The van der Waals surface area contributed by atoms with E-state index in [2.05, 4.69) is 10.5 Å². The van der Waals surface area contributed by atoms with E-state index >= 15 is 0 Å². The summed E-state index contributed by atoms with van der Waals surface area (Å²) in [6.45, 7) is 4.91. The summed E-state index contributed by atoms with van der Waals surface area (Å²) in [6.07, 6.45) is 2.35. The van der Waals surface area contributed by atoms with E-state index in [-0.39, 0.29) is 5.91 Å². The summed E-state index contributed by atoms with van der Waals surface area (Å²) >= 11 is 6.31. The number of carbonyl (C=O) groups is 1. The number of para-hydroxylation sites is 1. The van der Waals surface area contributed by atoms with Gasteiger partial charge in [-0.15, -0.1) is 0 Å². The van der Waals surface area contributed by atoms with Crippen LogP contribution < -0.4 is 19.6 Å². The molecule has 0 spiro atoms. The van der Waals surface area contributed by atoms with E-state index < -0.39 is 0 Å². The predicted molar refractivity (Wildman–Crippen MR) is 106 cm³/mol. The highest BCUT2D eigenvalue weighted by Gasteiger charge is 2.13. The maximum absolute atomic E-state index is 12.2. The molecule has 2 aromatic rings. The second kappa shape index (κ2) is 10.4. The van der Waals surface area contributed by atoms with Crippen molar-refractivity contribution in [1.29, 1.82) is 0 Å². The van der Waals surface area contributed by atoms with Gasteiger partial charge in [0.25, 0.3) is 5.91 Å². The molecule has 1 amide bonds. The first-order valence-electron chi connectivity index (χ1n) is 8.66. The lowest BCUT2D eigenvalue weighted by molar-refractivity contribution is 0.0952. The van der Waals surface area contributed by atoms with Gasteiger partial charge in [0.05, 0.1) is 37.1 Å². The van der Waals surface area contributed by atoms with E-state index in [0.717, 1.165) is 6.42 Å². The highest BCUT2D eigenvalue weighted by Crippen LogP contribution is 2.36. The Morgan fingerprint density at radius 3 is 2.67 bits per heavy atom. The van der Waals surface area contributed by atoms with Gasteiger partial charge in [0, 0.05) is 0 Å². The smallest absolute Gasteiger partial charge is 0.275 e. The molecule has 2 rings (SSSR count). The Hall–Kier alpha value is -2.73. The van der Waals surface area contributed by atoms with Crippen LogP contribution in [0.4, 0.5) is 0 Å². The first-order chi connectivity index (χ1) is 13.1. The number of amides is 1. The van der Waals surface area contributed by atoms with Gasteiger partial charge in [0.2, 0.25) is 0 Å². The van der Waals surface area contributed by atoms with E-state index in [1.807, 2.05) is 13.8 Å². The summed E-state index contributed by atoms with van der Waals surface area (Å²) in [7, 11) is 1.51. The fourth-order valence-electron chi connectivity index (χ4n) is 2.33. The Balaban J connectivity index is 2.15. The monoisotopic (exact) mass is 390 g/mol. The molecule has 7 heteroatoms. The summed E-state index contributed by atoms with van der Waals surface area (Å²) in [6, 6.07) is 10.4. The SMILES string of the molecule is CCCOc1c(Cl)cc(/C=N/NC(=O)c2ccccc2OC)cc1OCC. The molecule has 0 atom stereocenters. The average Bonchev–Trinajstić information content (AvgIpc) is 2.67. The minimum Gasteiger partial charge on any atom is -0.496 e. The van der Waals surface area contributed by atoms with Gasteiger partial charge in [-0.05, 0) is 43.2 Å². The van der Waals surface area contributed by atoms with Crippen molar-refractivity contribution in [2.24, 2.45) is 5.10 Å². The second-order valence-electron chi connectivity index (χ2n) is 5.51. The van der Waals surface area contributed by atoms with Crippen molar-refractivity contribution in [2.45, 2.75) is 20.3 Å². The van der Waals surface area contributed by atoms with Gasteiger partial charge in [-0.25, -0.2) is 5.43 Å². The van der Waals surface area contributed by atoms with Gasteiger partial charge in [0.15, 0.2) is 11.5 Å². The molecule has 0 fully saturated rings. The highest BCUT2D eigenvalue weighted by molar-refractivity contribution is 6.32. The number of nitrogens with one attached hydrogen (secondary N) is 1. The zero-order valence-corrected chi connectivity index (χ0v) is 16.4. The Bertz CT molecular complexity index is 809. The molecule has 2 aromatic carbocycles. The zero-order valence-electron chi connectivity index (χ0n) is 15.6. The van der Waals surface area contributed by atoms with E-state index in [0.29, 0.717) is 46.6 Å². The molecule has 0 unspecified atom stereocenters. The molecule has 0 aliphatic rings. The van der Waals surface area contributed by atoms with E-state index in [1.165, 1.54) is 13.3 Å². The van der Waals surface area contributed by atoms with E-state index in [1.54, 1.807) is 36.4 Å². The maximum Gasteiger partial charge on any atom is 0.275 e. The number of hydrogen-bond acceptors (Lipinski definition) is 5. The molecule has 1 N–H and O–H groups in total. The molecule has 0 saturated carbocycles. The number of halogens is 1. The normalized spacial score (nSPS) is 10.7. The molecule has 0 saturated heterocycles. The van der Waals surface area contributed by atoms with Crippen LogP contribution in [-0.4, -0.2) is 32.4 Å². The molecule has 0 heterocycles. The Morgan fingerprint density at radius 2 is 1.96 bits per heavy atom. The summed E-state index contributed by atoms with van der Waals surface area (Å²) in [4.78, 5) is 12.2. The minimum atomic E-state index is -0.372. The molecule has 27 heavy (non-hydrogen) atoms. The average molecular weight is 391 g/mol. The van der Waals surface area contributed by atoms with Crippen molar-refractivity contribution in [3.05, 3.63) is 52.5 Å². The van der Waals surface area contributed by atoms with Crippen LogP contribution in [0, 0.1) is 0 Å². The van der Waals surface area contributed by atoms with Crippen molar-refractivity contribution < 1.29 is 19.0 Å². The maximum atomic E-state index is 12.2. The number of benzene rings is 2. The van der Waals surface area contributed by atoms with Gasteiger partial charge >= 0.3 is 0 Å². The fraction of sp³-hybridized carbons (Fsp3) is 0.300. The molecule has 0 bridgehead atoms. The summed E-state index contributed by atoms with van der Waals surface area (Å²) in [5.41, 5.74) is 3.55. The number of carbonyl (C=O) groups excluding carboxylic acids is 1. The van der Waals surface area contributed by atoms with Crippen LogP contribution in [0.1, 0.15) is 36.2 Å². The third kappa shape index (κ3) is 5.62. The number of hydrogen-bond donors (Lipinski definition) is 1. The highest BCUT2D eigenvalue weighted by atomic mass is 35.5. The van der Waals surface area contributed by atoms with Crippen molar-refractivity contribution >= 4 is 23.7 Å². The molecular formula is C20H23ClN2O4. The lowest BCUT2D eigenvalue weighted by Gasteiger charge is -2.13. The van der Waals surface area contributed by atoms with Crippen LogP contribution >= 0.6 is 11.6 Å². The van der Waals surface area contributed by atoms with Crippen molar-refractivity contribution in [3.63, 3.8) is 0 Å². The summed E-state index contributed by atoms with van der Waals surface area (Å²) < 4.78 is 16.4. The largest absolute Gasteiger partial charge is 0.496 e. The van der Waals surface area contributed by atoms with Crippen LogP contribution in [0.15, 0.2) is 41.5 Å². The van der Waals surface area contributed by atoms with Crippen molar-refractivity contribution in [3.8, 4) is 17.2 Å². The van der Waals surface area contributed by atoms with Gasteiger partial charge in [-0.2, -0.15) is 5.10 Å². The van der Waals surface area contributed by atoms with Gasteiger partial charge in [0.1, 0.15) is 5.75 Å². The standard InChI is InChI=1S/C20H23ClN2O4/c1-4-10-27-19-16(21)11-14(12-18(19)26-5-2)13-22-23-20(24)15-8-6-7-9-17(15)25-3/h6-9,11-13H,4-5,10H2,1-3H3,(H,23,24)/b22-13+. The molecular weight excluding hydrogens is 368 g/mol. The lowest BCUT2D eigenvalue weighted by atomic mass is 10.2. The Morgan fingerprint density at radius 1 is 1.19 bits per heavy atom. The van der Waals surface area contributed by atoms with Gasteiger partial charge in [-0.3, -0.25) is 4.79 Å². The topological polar surface area (TPSA) is 69.2 Å². The van der Waals surface area contributed by atoms with Crippen molar-refractivity contribution in [2.75, 3.05) is 20.3 Å². The van der Waals surface area contributed by atoms with Crippen molar-refractivity contribution in [1.82, 2.24) is 5.43 Å². The first kappa shape index (κ1) is 20.6. The minimum absolute atomic E-state index is 0.372. The van der Waals surface area contributed by atoms with Gasteiger partial charge in [-0.1, -0.05) is 30.7 Å². The fourth-order valence-corrected chi connectivity index (χ4v) is 2.60. The number of ether oxygens (including phenoxy) is 3. The summed E-state index contributed by atoms with van der Waals surface area (Å²) in [5, 5.41) is 4.42. The van der Waals surface area contributed by atoms with Crippen LogP contribution in [0.25, 0.3) is 0 Å². The third-order valence-electron chi connectivity index (χ3n) is 3.51. The molecule has 0 radical (unpaired) electrons. The number of rotatable bonds is 9. The molecule has 6 nitrogen and oxygen atoms in total. The first-order valence-corrected chi connectivity index (χ1v) is 9.04. The molecule has 0 aliphatic heterocycles. The number of hydrazone groups is 1. The second-order valence-corrected chi connectivity index (χ2v) is 5.92. The number of nitrogens with zero attached hydrogens (tertiary/aromatic N) is 1. The molecule has 144 valence electrons. The van der Waals surface area contributed by atoms with Crippen LogP contribution in [0.3, 0.4) is 0 Å². The quantitative estimate of drug-likeness (QED) is 0.512. The molecule has 0 aromatic heterocycles. The van der Waals surface area contributed by atoms with Gasteiger partial charge < -0.3 is 14.2 Å². The third-order valence-corrected chi connectivity index (χ3v) is 3.79. The Labute approximate surface area is 164 Å². The zero-order chi connectivity index (χ0) is 19.6. The van der Waals surface area contributed by atoms with E-state index in [4.69, 9.17) is 25.8 Å². The predicted octanol–water partition coefficient (Wildman–Crippen LogP) is 4.30. The van der Waals surface area contributed by atoms with Crippen LogP contribution in [-0.2, 0) is 0 Å². The lowest BCUT2D eigenvalue weighted by Crippen LogP contribution is -2.18. The number of methoxy groups -OCH3 is 1. The van der Waals surface area contributed by atoms with Crippen LogP contribution in [0.2, 0.25) is 5.02 Å². The Kier molecular flexibility index (Phi) is 7.95. The molecule has 0 aliphatic carbocycles.